The molecule has 2 aliphatic rings. The van der Waals surface area contributed by atoms with E-state index >= 15 is 0 Å². The van der Waals surface area contributed by atoms with Crippen LogP contribution in [0.25, 0.3) is 11.0 Å². The van der Waals surface area contributed by atoms with Crippen LogP contribution in [-0.4, -0.2) is 55.5 Å². The number of aromatic nitrogens is 2. The first-order valence-electron chi connectivity index (χ1n) is 10.9. The second-order valence-electron chi connectivity index (χ2n) is 8.31. The van der Waals surface area contributed by atoms with Gasteiger partial charge in [-0.15, -0.1) is 0 Å². The Bertz CT molecular complexity index is 1210. The van der Waals surface area contributed by atoms with E-state index < -0.39 is 6.09 Å². The molecule has 0 saturated carbocycles. The SMILES string of the molecule is CCn1c(CN2C(=O)c3ccccc3C2=O)nc2ccc(C3CCN(C(=O)O)CC3)cc21. The van der Waals surface area contributed by atoms with Gasteiger partial charge in [0.25, 0.3) is 11.8 Å². The van der Waals surface area contributed by atoms with Crippen molar-refractivity contribution < 1.29 is 19.5 Å². The highest BCUT2D eigenvalue weighted by Gasteiger charge is 2.36. The van der Waals surface area contributed by atoms with Crippen LogP contribution in [0, 0.1) is 0 Å². The minimum Gasteiger partial charge on any atom is -0.465 e. The summed E-state index contributed by atoms with van der Waals surface area (Å²) in [5.74, 6) is 0.405. The second kappa shape index (κ2) is 7.78. The number of aryl methyl sites for hydroxylation is 1. The molecule has 3 amide bonds. The Labute approximate surface area is 185 Å². The normalized spacial score (nSPS) is 16.8. The zero-order chi connectivity index (χ0) is 22.4. The number of rotatable bonds is 4. The van der Waals surface area contributed by atoms with Crippen molar-refractivity contribution in [3.8, 4) is 0 Å². The number of imide groups is 1. The number of carbonyl (C=O) groups excluding carboxylic acids is 2. The van der Waals surface area contributed by atoms with Gasteiger partial charge in [-0.2, -0.15) is 0 Å². The van der Waals surface area contributed by atoms with E-state index in [-0.39, 0.29) is 18.4 Å². The monoisotopic (exact) mass is 432 g/mol. The maximum absolute atomic E-state index is 12.8. The van der Waals surface area contributed by atoms with Crippen molar-refractivity contribution in [3.05, 3.63) is 65.0 Å². The Morgan fingerprint density at radius 1 is 1.06 bits per heavy atom. The molecule has 164 valence electrons. The third kappa shape index (κ3) is 3.23. The van der Waals surface area contributed by atoms with Gasteiger partial charge in [0, 0.05) is 19.6 Å². The maximum atomic E-state index is 12.8. The van der Waals surface area contributed by atoms with Crippen LogP contribution in [-0.2, 0) is 13.1 Å². The highest BCUT2D eigenvalue weighted by molar-refractivity contribution is 6.21. The largest absolute Gasteiger partial charge is 0.465 e. The Morgan fingerprint density at radius 2 is 1.72 bits per heavy atom. The van der Waals surface area contributed by atoms with Crippen LogP contribution in [0.15, 0.2) is 42.5 Å². The molecule has 8 nitrogen and oxygen atoms in total. The van der Waals surface area contributed by atoms with Crippen LogP contribution in [0.1, 0.15) is 57.8 Å². The molecule has 0 aliphatic carbocycles. The minimum absolute atomic E-state index is 0.126. The number of hydrogen-bond acceptors (Lipinski definition) is 4. The molecule has 2 aromatic carbocycles. The molecule has 8 heteroatoms. The fraction of sp³-hybridized carbons (Fsp3) is 0.333. The van der Waals surface area contributed by atoms with Gasteiger partial charge < -0.3 is 14.6 Å². The van der Waals surface area contributed by atoms with Crippen molar-refractivity contribution in [2.24, 2.45) is 0 Å². The molecule has 1 saturated heterocycles. The molecular weight excluding hydrogens is 408 g/mol. The number of carboxylic acid groups (broad SMARTS) is 1. The number of nitrogens with zero attached hydrogens (tertiary/aromatic N) is 4. The molecule has 5 rings (SSSR count). The number of fused-ring (bicyclic) bond motifs is 2. The summed E-state index contributed by atoms with van der Waals surface area (Å²) >= 11 is 0. The number of piperidine rings is 1. The van der Waals surface area contributed by atoms with Crippen molar-refractivity contribution >= 4 is 28.9 Å². The molecule has 0 radical (unpaired) electrons. The van der Waals surface area contributed by atoms with Crippen LogP contribution in [0.5, 0.6) is 0 Å². The van der Waals surface area contributed by atoms with Gasteiger partial charge in [-0.05, 0) is 55.5 Å². The average Bonchev–Trinajstić information content (AvgIpc) is 3.28. The molecule has 2 aliphatic heterocycles. The van der Waals surface area contributed by atoms with Crippen LogP contribution >= 0.6 is 0 Å². The van der Waals surface area contributed by atoms with Gasteiger partial charge in [0.15, 0.2) is 0 Å². The highest BCUT2D eigenvalue weighted by Crippen LogP contribution is 2.31. The van der Waals surface area contributed by atoms with Crippen molar-refractivity contribution in [1.82, 2.24) is 19.4 Å². The lowest BCUT2D eigenvalue weighted by Crippen LogP contribution is -2.36. The minimum atomic E-state index is -0.860. The summed E-state index contributed by atoms with van der Waals surface area (Å²) in [6, 6.07) is 13.0. The summed E-state index contributed by atoms with van der Waals surface area (Å²) < 4.78 is 2.05. The molecule has 1 fully saturated rings. The quantitative estimate of drug-likeness (QED) is 0.634. The van der Waals surface area contributed by atoms with E-state index in [0.29, 0.717) is 42.5 Å². The highest BCUT2D eigenvalue weighted by atomic mass is 16.4. The van der Waals surface area contributed by atoms with Crippen LogP contribution in [0.4, 0.5) is 4.79 Å². The summed E-state index contributed by atoms with van der Waals surface area (Å²) in [6.07, 6.45) is 0.723. The summed E-state index contributed by atoms with van der Waals surface area (Å²) in [7, 11) is 0. The predicted octanol–water partition coefficient (Wildman–Crippen LogP) is 3.71. The third-order valence-electron chi connectivity index (χ3n) is 6.58. The summed E-state index contributed by atoms with van der Waals surface area (Å²) in [5.41, 5.74) is 3.84. The average molecular weight is 432 g/mol. The van der Waals surface area contributed by atoms with Crippen molar-refractivity contribution in [2.45, 2.75) is 38.8 Å². The fourth-order valence-corrected chi connectivity index (χ4v) is 4.85. The number of hydrogen-bond donors (Lipinski definition) is 1. The predicted molar refractivity (Wildman–Crippen MR) is 118 cm³/mol. The third-order valence-corrected chi connectivity index (χ3v) is 6.58. The lowest BCUT2D eigenvalue weighted by atomic mass is 9.89. The molecule has 3 aromatic rings. The summed E-state index contributed by atoms with van der Waals surface area (Å²) in [5, 5.41) is 9.18. The van der Waals surface area contributed by atoms with Gasteiger partial charge >= 0.3 is 6.09 Å². The molecule has 0 unspecified atom stereocenters. The lowest BCUT2D eigenvalue weighted by Gasteiger charge is -2.30. The molecule has 1 N–H and O–H groups in total. The number of carbonyl (C=O) groups is 3. The van der Waals surface area contributed by atoms with Gasteiger partial charge in [0.2, 0.25) is 0 Å². The van der Waals surface area contributed by atoms with E-state index in [1.54, 1.807) is 24.3 Å². The Balaban J connectivity index is 1.43. The summed E-state index contributed by atoms with van der Waals surface area (Å²) in [4.78, 5) is 44.2. The van der Waals surface area contributed by atoms with E-state index in [2.05, 4.69) is 16.7 Å². The standard InChI is InChI=1S/C24H24N4O4/c1-2-27-20-13-16(15-9-11-26(12-10-15)24(31)32)7-8-19(20)25-21(27)14-28-22(29)17-5-3-4-6-18(17)23(28)30/h3-8,13,15H,2,9-12,14H2,1H3,(H,31,32). The zero-order valence-corrected chi connectivity index (χ0v) is 17.8. The first kappa shape index (κ1) is 20.2. The Hall–Kier alpha value is -3.68. The van der Waals surface area contributed by atoms with Gasteiger partial charge in [-0.25, -0.2) is 9.78 Å². The number of amides is 3. The van der Waals surface area contributed by atoms with E-state index in [9.17, 15) is 19.5 Å². The van der Waals surface area contributed by atoms with Crippen LogP contribution < -0.4 is 0 Å². The zero-order valence-electron chi connectivity index (χ0n) is 17.8. The molecular formula is C24H24N4O4. The smallest absolute Gasteiger partial charge is 0.407 e. The molecule has 1 aromatic heterocycles. The van der Waals surface area contributed by atoms with E-state index in [1.807, 2.05) is 13.0 Å². The van der Waals surface area contributed by atoms with Gasteiger partial charge in [0.05, 0.1) is 28.7 Å². The van der Waals surface area contributed by atoms with E-state index in [4.69, 9.17) is 4.98 Å². The number of likely N-dealkylation sites (tertiary alicyclic amines) is 1. The molecule has 32 heavy (non-hydrogen) atoms. The van der Waals surface area contributed by atoms with Gasteiger partial charge in [-0.1, -0.05) is 18.2 Å². The van der Waals surface area contributed by atoms with Crippen molar-refractivity contribution in [2.75, 3.05) is 13.1 Å². The van der Waals surface area contributed by atoms with Gasteiger partial charge in [0.1, 0.15) is 5.82 Å². The summed E-state index contributed by atoms with van der Waals surface area (Å²) in [6.45, 7) is 3.88. The van der Waals surface area contributed by atoms with E-state index in [1.165, 1.54) is 15.4 Å². The molecule has 0 bridgehead atoms. The Kier molecular flexibility index (Phi) is 4.92. The number of imidazole rings is 1. The molecule has 0 spiro atoms. The fourth-order valence-electron chi connectivity index (χ4n) is 4.85. The van der Waals surface area contributed by atoms with Crippen molar-refractivity contribution in [1.29, 1.82) is 0 Å². The van der Waals surface area contributed by atoms with Crippen LogP contribution in [0.2, 0.25) is 0 Å². The second-order valence-corrected chi connectivity index (χ2v) is 8.31. The molecule has 0 atom stereocenters. The van der Waals surface area contributed by atoms with E-state index in [0.717, 1.165) is 23.9 Å². The lowest BCUT2D eigenvalue weighted by molar-refractivity contribution is 0.0636. The number of benzene rings is 2. The topological polar surface area (TPSA) is 95.7 Å². The first-order valence-corrected chi connectivity index (χ1v) is 10.9. The molecule has 3 heterocycles. The van der Waals surface area contributed by atoms with Gasteiger partial charge in [-0.3, -0.25) is 14.5 Å². The Morgan fingerprint density at radius 3 is 2.31 bits per heavy atom. The van der Waals surface area contributed by atoms with Crippen LogP contribution in [0.3, 0.4) is 0 Å². The first-order chi connectivity index (χ1) is 15.5. The maximum Gasteiger partial charge on any atom is 0.407 e. The van der Waals surface area contributed by atoms with Crippen molar-refractivity contribution in [3.63, 3.8) is 0 Å².